The topological polar surface area (TPSA) is 55.7 Å². The molecule has 4 rings (SSSR count). The Hall–Kier alpha value is -2.92. The molecule has 2 aromatic carbocycles. The maximum absolute atomic E-state index is 13.0. The van der Waals surface area contributed by atoms with Crippen molar-refractivity contribution >= 4 is 16.8 Å². The lowest BCUT2D eigenvalue weighted by Crippen LogP contribution is -3.13. The van der Waals surface area contributed by atoms with E-state index in [0.717, 1.165) is 46.6 Å². The van der Waals surface area contributed by atoms with Crippen molar-refractivity contribution in [2.45, 2.75) is 45.6 Å². The second kappa shape index (κ2) is 10.1. The summed E-state index contributed by atoms with van der Waals surface area (Å²) in [5, 5.41) is 4.36. The number of nitrogens with zero attached hydrogens (tertiary/aromatic N) is 1. The number of pyridine rings is 1. The molecule has 0 unspecified atom stereocenters. The molecule has 5 nitrogen and oxygen atoms in total. The van der Waals surface area contributed by atoms with E-state index in [1.807, 2.05) is 37.3 Å². The monoisotopic (exact) mass is 432 g/mol. The van der Waals surface area contributed by atoms with Crippen LogP contribution in [-0.4, -0.2) is 37.6 Å². The van der Waals surface area contributed by atoms with Crippen LogP contribution < -0.4 is 15.0 Å². The van der Waals surface area contributed by atoms with Gasteiger partial charge in [-0.25, -0.2) is 0 Å². The molecule has 0 bridgehead atoms. The summed E-state index contributed by atoms with van der Waals surface area (Å²) < 4.78 is 5.33. The lowest BCUT2D eigenvalue weighted by Gasteiger charge is -2.32. The molecule has 5 heteroatoms. The quantitative estimate of drug-likeness (QED) is 0.602. The standard InChI is InChI=1S/C27H33N3O2/c1-19-23-9-5-6-10-25(23)29-20(2)24(19)17-27(31)28-18-26(30-15-7-4-8-16-30)21-11-13-22(32-3)14-12-21/h5-6,9-14,26H,4,7-8,15-18H2,1-3H3,(H,28,31)/p+1/t26-/m0/s1. The summed E-state index contributed by atoms with van der Waals surface area (Å²) in [4.78, 5) is 19.3. The van der Waals surface area contributed by atoms with E-state index in [1.54, 1.807) is 12.0 Å². The largest absolute Gasteiger partial charge is 0.497 e. The maximum Gasteiger partial charge on any atom is 0.224 e. The molecular formula is C27H34N3O2+. The zero-order valence-electron chi connectivity index (χ0n) is 19.4. The molecule has 1 aromatic heterocycles. The number of carbonyl (C=O) groups excluding carboxylic acids is 1. The van der Waals surface area contributed by atoms with Gasteiger partial charge >= 0.3 is 0 Å². The molecular weight excluding hydrogens is 398 g/mol. The van der Waals surface area contributed by atoms with Crippen LogP contribution in [0.1, 0.15) is 47.7 Å². The smallest absolute Gasteiger partial charge is 0.224 e. The van der Waals surface area contributed by atoms with Crippen LogP contribution in [0.5, 0.6) is 5.75 Å². The lowest BCUT2D eigenvalue weighted by molar-refractivity contribution is -0.935. The molecule has 0 aliphatic carbocycles. The molecule has 32 heavy (non-hydrogen) atoms. The fourth-order valence-electron chi connectivity index (χ4n) is 4.96. The number of hydrogen-bond donors (Lipinski definition) is 2. The Labute approximate surface area is 190 Å². The highest BCUT2D eigenvalue weighted by Crippen LogP contribution is 2.23. The Balaban J connectivity index is 1.49. The van der Waals surface area contributed by atoms with Crippen molar-refractivity contribution in [2.75, 3.05) is 26.7 Å². The maximum atomic E-state index is 13.0. The summed E-state index contributed by atoms with van der Waals surface area (Å²) >= 11 is 0. The Morgan fingerprint density at radius 3 is 2.50 bits per heavy atom. The number of benzene rings is 2. The summed E-state index contributed by atoms with van der Waals surface area (Å²) in [6.07, 6.45) is 4.16. The Morgan fingerprint density at radius 1 is 1.06 bits per heavy atom. The van der Waals surface area contributed by atoms with E-state index in [4.69, 9.17) is 9.72 Å². The lowest BCUT2D eigenvalue weighted by atomic mass is 9.99. The summed E-state index contributed by atoms with van der Waals surface area (Å²) in [6, 6.07) is 16.7. The molecule has 0 saturated carbocycles. The first kappa shape index (κ1) is 22.3. The number of rotatable bonds is 7. The first-order valence-electron chi connectivity index (χ1n) is 11.7. The van der Waals surface area contributed by atoms with E-state index in [0.29, 0.717) is 13.0 Å². The van der Waals surface area contributed by atoms with Crippen LogP contribution in [0.3, 0.4) is 0 Å². The van der Waals surface area contributed by atoms with Gasteiger partial charge in [0.2, 0.25) is 5.91 Å². The van der Waals surface area contributed by atoms with Crippen LogP contribution in [0.25, 0.3) is 10.9 Å². The molecule has 1 aliphatic rings. The fraction of sp³-hybridized carbons (Fsp3) is 0.407. The van der Waals surface area contributed by atoms with E-state index in [2.05, 4.69) is 30.4 Å². The van der Waals surface area contributed by atoms with Gasteiger partial charge in [-0.15, -0.1) is 0 Å². The normalized spacial score (nSPS) is 15.5. The van der Waals surface area contributed by atoms with Gasteiger partial charge in [-0.1, -0.05) is 18.2 Å². The molecule has 2 N–H and O–H groups in total. The number of ether oxygens (including phenoxy) is 1. The summed E-state index contributed by atoms with van der Waals surface area (Å²) in [5.74, 6) is 0.920. The number of methoxy groups -OCH3 is 1. The molecule has 0 spiro atoms. The minimum absolute atomic E-state index is 0.0585. The highest BCUT2D eigenvalue weighted by atomic mass is 16.5. The van der Waals surface area contributed by atoms with Crippen molar-refractivity contribution in [3.05, 3.63) is 70.9 Å². The van der Waals surface area contributed by atoms with Crippen molar-refractivity contribution in [3.63, 3.8) is 0 Å². The zero-order chi connectivity index (χ0) is 22.5. The average Bonchev–Trinajstić information content (AvgIpc) is 2.83. The van der Waals surface area contributed by atoms with Crippen LogP contribution in [-0.2, 0) is 11.2 Å². The number of para-hydroxylation sites is 1. The van der Waals surface area contributed by atoms with Gasteiger partial charge in [0.1, 0.15) is 11.8 Å². The summed E-state index contributed by atoms with van der Waals surface area (Å²) in [5.41, 5.74) is 5.36. The molecule has 168 valence electrons. The number of carbonyl (C=O) groups is 1. The number of likely N-dealkylation sites (tertiary alicyclic amines) is 1. The van der Waals surface area contributed by atoms with Crippen LogP contribution >= 0.6 is 0 Å². The predicted molar refractivity (Wildman–Crippen MR) is 128 cm³/mol. The first-order chi connectivity index (χ1) is 15.6. The highest BCUT2D eigenvalue weighted by molar-refractivity contribution is 5.86. The third-order valence-corrected chi connectivity index (χ3v) is 6.83. The molecule has 1 amide bonds. The summed E-state index contributed by atoms with van der Waals surface area (Å²) in [6.45, 7) is 7.04. The molecule has 1 atom stereocenters. The Morgan fingerprint density at radius 2 is 1.78 bits per heavy atom. The van der Waals surface area contributed by atoms with Crippen LogP contribution in [0, 0.1) is 13.8 Å². The molecule has 1 saturated heterocycles. The van der Waals surface area contributed by atoms with E-state index >= 15 is 0 Å². The van der Waals surface area contributed by atoms with Crippen molar-refractivity contribution in [2.24, 2.45) is 0 Å². The van der Waals surface area contributed by atoms with E-state index in [-0.39, 0.29) is 11.9 Å². The number of quaternary nitrogens is 1. The highest BCUT2D eigenvalue weighted by Gasteiger charge is 2.27. The number of hydrogen-bond acceptors (Lipinski definition) is 3. The molecule has 3 aromatic rings. The molecule has 0 radical (unpaired) electrons. The number of piperidine rings is 1. The minimum Gasteiger partial charge on any atom is -0.497 e. The zero-order valence-corrected chi connectivity index (χ0v) is 19.4. The van der Waals surface area contributed by atoms with Crippen molar-refractivity contribution < 1.29 is 14.4 Å². The SMILES string of the molecule is COc1ccc([C@H](CNC(=O)Cc2c(C)nc3ccccc3c2C)[NH+]2CCCCC2)cc1. The summed E-state index contributed by atoms with van der Waals surface area (Å²) in [7, 11) is 1.69. The van der Waals surface area contributed by atoms with Gasteiger partial charge in [0.25, 0.3) is 0 Å². The Bertz CT molecular complexity index is 1070. The van der Waals surface area contributed by atoms with E-state index < -0.39 is 0 Å². The van der Waals surface area contributed by atoms with Crippen molar-refractivity contribution in [1.82, 2.24) is 10.3 Å². The number of aromatic nitrogens is 1. The van der Waals surface area contributed by atoms with Gasteiger partial charge in [-0.3, -0.25) is 9.78 Å². The molecule has 1 fully saturated rings. The van der Waals surface area contributed by atoms with E-state index in [9.17, 15) is 4.79 Å². The number of aryl methyl sites for hydroxylation is 2. The average molecular weight is 433 g/mol. The fourth-order valence-corrected chi connectivity index (χ4v) is 4.96. The first-order valence-corrected chi connectivity index (χ1v) is 11.7. The van der Waals surface area contributed by atoms with Crippen LogP contribution in [0.15, 0.2) is 48.5 Å². The molecule has 1 aliphatic heterocycles. The molecule has 2 heterocycles. The number of nitrogens with one attached hydrogen (secondary N) is 2. The van der Waals surface area contributed by atoms with Gasteiger partial charge < -0.3 is 15.0 Å². The third kappa shape index (κ3) is 4.94. The number of fused-ring (bicyclic) bond motifs is 1. The van der Waals surface area contributed by atoms with Gasteiger partial charge in [-0.05, 0) is 74.6 Å². The Kier molecular flexibility index (Phi) is 7.05. The van der Waals surface area contributed by atoms with Crippen LogP contribution in [0.2, 0.25) is 0 Å². The van der Waals surface area contributed by atoms with E-state index in [1.165, 1.54) is 24.8 Å². The predicted octanol–water partition coefficient (Wildman–Crippen LogP) is 3.33. The third-order valence-electron chi connectivity index (χ3n) is 6.83. The number of amides is 1. The van der Waals surface area contributed by atoms with Gasteiger partial charge in [0.15, 0.2) is 0 Å². The minimum atomic E-state index is 0.0585. The van der Waals surface area contributed by atoms with Gasteiger partial charge in [0.05, 0.1) is 38.7 Å². The van der Waals surface area contributed by atoms with Crippen molar-refractivity contribution in [1.29, 1.82) is 0 Å². The second-order valence-corrected chi connectivity index (χ2v) is 8.84. The van der Waals surface area contributed by atoms with Crippen molar-refractivity contribution in [3.8, 4) is 5.75 Å². The van der Waals surface area contributed by atoms with Gasteiger partial charge in [-0.2, -0.15) is 0 Å². The van der Waals surface area contributed by atoms with Gasteiger partial charge in [0, 0.05) is 16.6 Å². The second-order valence-electron chi connectivity index (χ2n) is 8.84. The van der Waals surface area contributed by atoms with Crippen LogP contribution in [0.4, 0.5) is 0 Å².